The van der Waals surface area contributed by atoms with Crippen LogP contribution >= 0.6 is 11.3 Å². The minimum atomic E-state index is -4.39. The molecule has 0 aliphatic heterocycles. The first-order valence-electron chi connectivity index (χ1n) is 7.08. The molecule has 22 heavy (non-hydrogen) atoms. The maximum atomic E-state index is 12.5. The average molecular weight is 336 g/mol. The van der Waals surface area contributed by atoms with Crippen LogP contribution in [-0.2, 0) is 12.7 Å². The van der Waals surface area contributed by atoms with Crippen LogP contribution in [0.5, 0.6) is 0 Å². The van der Waals surface area contributed by atoms with Gasteiger partial charge < -0.3 is 10.6 Å². The second-order valence-corrected chi connectivity index (χ2v) is 7.08. The van der Waals surface area contributed by atoms with Gasteiger partial charge in [0.1, 0.15) is 5.01 Å². The number of guanidine groups is 1. The number of aliphatic imine (C=N–C) groups is 1. The van der Waals surface area contributed by atoms with Crippen molar-refractivity contribution in [3.05, 3.63) is 16.1 Å². The van der Waals surface area contributed by atoms with Crippen molar-refractivity contribution in [3.63, 3.8) is 0 Å². The Kier molecular flexibility index (Phi) is 6.65. The van der Waals surface area contributed by atoms with Gasteiger partial charge in [0.2, 0.25) is 0 Å². The van der Waals surface area contributed by atoms with Crippen molar-refractivity contribution >= 4 is 17.3 Å². The van der Waals surface area contributed by atoms with Crippen LogP contribution in [0.4, 0.5) is 13.2 Å². The number of rotatable bonds is 5. The highest BCUT2D eigenvalue weighted by molar-refractivity contribution is 7.09. The first-order chi connectivity index (χ1) is 10.1. The monoisotopic (exact) mass is 336 g/mol. The summed E-state index contributed by atoms with van der Waals surface area (Å²) in [6.45, 7) is 7.53. The van der Waals surface area contributed by atoms with Crippen molar-refractivity contribution in [2.24, 2.45) is 10.4 Å². The van der Waals surface area contributed by atoms with Gasteiger partial charge in [-0.1, -0.05) is 20.8 Å². The highest BCUT2D eigenvalue weighted by atomic mass is 32.1. The molecule has 4 nitrogen and oxygen atoms in total. The van der Waals surface area contributed by atoms with Gasteiger partial charge in [-0.05, 0) is 18.3 Å². The molecule has 126 valence electrons. The van der Waals surface area contributed by atoms with Crippen molar-refractivity contribution in [2.45, 2.75) is 46.3 Å². The van der Waals surface area contributed by atoms with E-state index >= 15 is 0 Å². The Balaban J connectivity index is 2.37. The molecule has 0 aliphatic carbocycles. The number of aromatic nitrogens is 1. The zero-order chi connectivity index (χ0) is 16.8. The van der Waals surface area contributed by atoms with E-state index in [-0.39, 0.29) is 12.0 Å². The van der Waals surface area contributed by atoms with Gasteiger partial charge in [0.25, 0.3) is 0 Å². The molecule has 0 spiro atoms. The van der Waals surface area contributed by atoms with Crippen LogP contribution in [0.15, 0.2) is 10.4 Å². The summed E-state index contributed by atoms with van der Waals surface area (Å²) in [6.07, 6.45) is -2.31. The molecule has 1 aromatic heterocycles. The molecule has 0 fully saturated rings. The Hall–Kier alpha value is -1.31. The van der Waals surface area contributed by atoms with Crippen LogP contribution < -0.4 is 10.6 Å². The van der Waals surface area contributed by atoms with Crippen LogP contribution in [0.25, 0.3) is 0 Å². The van der Waals surface area contributed by atoms with E-state index in [0.29, 0.717) is 11.0 Å². The Morgan fingerprint density at radius 3 is 2.45 bits per heavy atom. The smallest absolute Gasteiger partial charge is 0.356 e. The van der Waals surface area contributed by atoms with Crippen molar-refractivity contribution in [2.75, 3.05) is 13.6 Å². The maximum Gasteiger partial charge on any atom is 0.434 e. The third-order valence-electron chi connectivity index (χ3n) is 2.87. The van der Waals surface area contributed by atoms with E-state index in [1.807, 2.05) is 0 Å². The molecule has 0 saturated heterocycles. The molecule has 0 aromatic carbocycles. The quantitative estimate of drug-likeness (QED) is 0.490. The Bertz CT molecular complexity index is 489. The maximum absolute atomic E-state index is 12.5. The van der Waals surface area contributed by atoms with Gasteiger partial charge in [-0.2, -0.15) is 13.2 Å². The van der Waals surface area contributed by atoms with Crippen molar-refractivity contribution in [1.29, 1.82) is 0 Å². The van der Waals surface area contributed by atoms with Gasteiger partial charge in [0, 0.05) is 19.0 Å². The lowest BCUT2D eigenvalue weighted by Crippen LogP contribution is -2.37. The van der Waals surface area contributed by atoms with Crippen LogP contribution in [0.1, 0.15) is 44.3 Å². The number of halogens is 3. The standard InChI is InChI=1S/C14H23F3N4S/c1-13(2,3)6-5-7-19-12(18-4)20-8-11-21-10(9-22-11)14(15,16)17/h9H,5-8H2,1-4H3,(H2,18,19,20). The van der Waals surface area contributed by atoms with Crippen molar-refractivity contribution < 1.29 is 13.2 Å². The molecule has 8 heteroatoms. The van der Waals surface area contributed by atoms with Crippen molar-refractivity contribution in [1.82, 2.24) is 15.6 Å². The van der Waals surface area contributed by atoms with E-state index in [4.69, 9.17) is 0 Å². The summed E-state index contributed by atoms with van der Waals surface area (Å²) in [5, 5.41) is 7.51. The Morgan fingerprint density at radius 2 is 1.95 bits per heavy atom. The van der Waals surface area contributed by atoms with Gasteiger partial charge in [-0.25, -0.2) is 4.98 Å². The number of hydrogen-bond acceptors (Lipinski definition) is 3. The Morgan fingerprint density at radius 1 is 1.27 bits per heavy atom. The van der Waals surface area contributed by atoms with Crippen LogP contribution in [0, 0.1) is 5.41 Å². The lowest BCUT2D eigenvalue weighted by atomic mass is 9.91. The number of thiazole rings is 1. The minimum Gasteiger partial charge on any atom is -0.356 e. The third-order valence-corrected chi connectivity index (χ3v) is 3.72. The van der Waals surface area contributed by atoms with Crippen LogP contribution in [0.3, 0.4) is 0 Å². The van der Waals surface area contributed by atoms with Gasteiger partial charge in [0.05, 0.1) is 6.54 Å². The topological polar surface area (TPSA) is 49.3 Å². The fourth-order valence-corrected chi connectivity index (χ4v) is 2.47. The molecule has 0 amide bonds. The highest BCUT2D eigenvalue weighted by Crippen LogP contribution is 2.29. The minimum absolute atomic E-state index is 0.222. The van der Waals surface area contributed by atoms with Gasteiger partial charge in [-0.15, -0.1) is 11.3 Å². The molecule has 0 atom stereocenters. The molecule has 0 saturated carbocycles. The van der Waals surface area contributed by atoms with Crippen LogP contribution in [0.2, 0.25) is 0 Å². The molecule has 0 aliphatic rings. The molecular formula is C14H23F3N4S. The van der Waals surface area contributed by atoms with E-state index in [1.54, 1.807) is 7.05 Å². The lowest BCUT2D eigenvalue weighted by Gasteiger charge is -2.18. The first-order valence-corrected chi connectivity index (χ1v) is 7.96. The third kappa shape index (κ3) is 7.11. The second-order valence-electron chi connectivity index (χ2n) is 6.14. The number of hydrogen-bond donors (Lipinski definition) is 2. The molecule has 1 aromatic rings. The summed E-state index contributed by atoms with van der Waals surface area (Å²) in [6, 6.07) is 0. The average Bonchev–Trinajstić information content (AvgIpc) is 2.85. The van der Waals surface area contributed by atoms with Crippen LogP contribution in [-0.4, -0.2) is 24.5 Å². The fourth-order valence-electron chi connectivity index (χ4n) is 1.73. The summed E-state index contributed by atoms with van der Waals surface area (Å²) in [7, 11) is 1.63. The SMILES string of the molecule is CN=C(NCCCC(C)(C)C)NCc1nc(C(F)(F)F)cs1. The van der Waals surface area contributed by atoms with Crippen molar-refractivity contribution in [3.8, 4) is 0 Å². The van der Waals surface area contributed by atoms with E-state index in [0.717, 1.165) is 36.1 Å². The molecular weight excluding hydrogens is 313 g/mol. The van der Waals surface area contributed by atoms with E-state index in [1.165, 1.54) is 0 Å². The van der Waals surface area contributed by atoms with E-state index in [2.05, 4.69) is 41.4 Å². The summed E-state index contributed by atoms with van der Waals surface area (Å²) >= 11 is 0.984. The summed E-state index contributed by atoms with van der Waals surface area (Å²) < 4.78 is 37.4. The van der Waals surface area contributed by atoms with Gasteiger partial charge >= 0.3 is 6.18 Å². The van der Waals surface area contributed by atoms with Gasteiger partial charge in [-0.3, -0.25) is 4.99 Å². The fraction of sp³-hybridized carbons (Fsp3) is 0.714. The highest BCUT2D eigenvalue weighted by Gasteiger charge is 2.33. The molecule has 0 unspecified atom stereocenters. The first kappa shape index (κ1) is 18.7. The summed E-state index contributed by atoms with van der Waals surface area (Å²) in [4.78, 5) is 7.61. The predicted molar refractivity (Wildman–Crippen MR) is 84.0 cm³/mol. The second kappa shape index (κ2) is 7.80. The number of nitrogens with one attached hydrogen (secondary N) is 2. The summed E-state index contributed by atoms with van der Waals surface area (Å²) in [5.74, 6) is 0.567. The zero-order valence-electron chi connectivity index (χ0n) is 13.3. The number of nitrogens with zero attached hydrogens (tertiary/aromatic N) is 2. The lowest BCUT2D eigenvalue weighted by molar-refractivity contribution is -0.140. The van der Waals surface area contributed by atoms with E-state index < -0.39 is 11.9 Å². The molecule has 1 rings (SSSR count). The number of alkyl halides is 3. The Labute approximate surface area is 133 Å². The van der Waals surface area contributed by atoms with Gasteiger partial charge in [0.15, 0.2) is 11.7 Å². The summed E-state index contributed by atoms with van der Waals surface area (Å²) in [5.41, 5.74) is -0.560. The zero-order valence-corrected chi connectivity index (χ0v) is 14.2. The predicted octanol–water partition coefficient (Wildman–Crippen LogP) is 3.65. The molecule has 0 radical (unpaired) electrons. The molecule has 2 N–H and O–H groups in total. The molecule has 0 bridgehead atoms. The normalized spacial score (nSPS) is 13.3. The van der Waals surface area contributed by atoms with E-state index in [9.17, 15) is 13.2 Å². The molecule has 1 heterocycles. The largest absolute Gasteiger partial charge is 0.434 e.